The van der Waals surface area contributed by atoms with Gasteiger partial charge in [0.15, 0.2) is 0 Å². The highest BCUT2D eigenvalue weighted by molar-refractivity contribution is 5.80. The maximum Gasteiger partial charge on any atom is 0.251 e. The summed E-state index contributed by atoms with van der Waals surface area (Å²) in [5.41, 5.74) is 8.69. The lowest BCUT2D eigenvalue weighted by atomic mass is 10.1. The molecule has 0 aromatic carbocycles. The number of piperazine rings is 1. The summed E-state index contributed by atoms with van der Waals surface area (Å²) in [6, 6.07) is -0.361. The Hall–Kier alpha value is -0.650. The molecule has 1 fully saturated rings. The van der Waals surface area contributed by atoms with E-state index in [1.165, 1.54) is 0 Å². The van der Waals surface area contributed by atoms with E-state index < -0.39 is 0 Å². The largest absolute Gasteiger partial charge is 0.320 e. The number of carbonyl (C=O) groups excluding carboxylic acids is 1. The zero-order valence-corrected chi connectivity index (χ0v) is 10.4. The van der Waals surface area contributed by atoms with Gasteiger partial charge >= 0.3 is 0 Å². The molecule has 0 bridgehead atoms. The summed E-state index contributed by atoms with van der Waals surface area (Å²) >= 11 is 0. The molecule has 1 heterocycles. The normalized spacial score (nSPS) is 20.7. The highest BCUT2D eigenvalue weighted by atomic mass is 16.2. The van der Waals surface area contributed by atoms with Gasteiger partial charge in [-0.25, -0.2) is 5.01 Å². The van der Waals surface area contributed by atoms with Crippen molar-refractivity contribution in [3.05, 3.63) is 0 Å². The maximum absolute atomic E-state index is 11.7. The minimum atomic E-state index is -0.361. The lowest BCUT2D eigenvalue weighted by molar-refractivity contribution is -0.128. The van der Waals surface area contributed by atoms with E-state index in [4.69, 9.17) is 5.73 Å². The number of nitrogens with one attached hydrogen (secondary N) is 1. The van der Waals surface area contributed by atoms with Crippen molar-refractivity contribution in [1.82, 2.24) is 15.3 Å². The van der Waals surface area contributed by atoms with E-state index in [1.54, 1.807) is 0 Å². The van der Waals surface area contributed by atoms with Gasteiger partial charge in [0.05, 0.1) is 6.04 Å². The summed E-state index contributed by atoms with van der Waals surface area (Å²) in [6.07, 6.45) is 2.86. The predicted octanol–water partition coefficient (Wildman–Crippen LogP) is -0.217. The topological polar surface area (TPSA) is 61.6 Å². The molecule has 1 saturated heterocycles. The number of rotatable bonds is 5. The zero-order valence-electron chi connectivity index (χ0n) is 10.4. The average Bonchev–Trinajstić information content (AvgIpc) is 2.29. The van der Waals surface area contributed by atoms with Crippen LogP contribution in [0.15, 0.2) is 0 Å². The number of nitrogens with two attached hydrogens (primary N) is 1. The molecule has 5 heteroatoms. The van der Waals surface area contributed by atoms with Crippen molar-refractivity contribution >= 4 is 5.91 Å². The second kappa shape index (κ2) is 6.83. The van der Waals surface area contributed by atoms with Crippen LogP contribution in [0.2, 0.25) is 0 Å². The molecule has 1 aliphatic heterocycles. The fourth-order valence-corrected chi connectivity index (χ4v) is 1.71. The Balaban J connectivity index is 2.22. The monoisotopic (exact) mass is 228 g/mol. The molecule has 0 unspecified atom stereocenters. The van der Waals surface area contributed by atoms with Crippen LogP contribution in [-0.2, 0) is 4.79 Å². The average molecular weight is 228 g/mol. The third-order valence-electron chi connectivity index (χ3n) is 2.98. The first-order chi connectivity index (χ1) is 7.63. The molecule has 0 aromatic heterocycles. The molecule has 0 saturated carbocycles. The molecule has 94 valence electrons. The van der Waals surface area contributed by atoms with Crippen LogP contribution in [0.5, 0.6) is 0 Å². The number of likely N-dealkylation sites (N-methyl/N-ethyl adjacent to an activating group) is 1. The van der Waals surface area contributed by atoms with Crippen LogP contribution in [-0.4, -0.2) is 55.1 Å². The van der Waals surface area contributed by atoms with Crippen LogP contribution in [0.1, 0.15) is 26.2 Å². The van der Waals surface area contributed by atoms with Gasteiger partial charge in [0.2, 0.25) is 0 Å². The van der Waals surface area contributed by atoms with Crippen molar-refractivity contribution in [3.63, 3.8) is 0 Å². The van der Waals surface area contributed by atoms with Gasteiger partial charge in [-0.05, 0) is 13.5 Å². The Bertz CT molecular complexity index is 214. The summed E-state index contributed by atoms with van der Waals surface area (Å²) in [6.45, 7) is 5.84. The van der Waals surface area contributed by atoms with Crippen LogP contribution in [0.3, 0.4) is 0 Å². The van der Waals surface area contributed by atoms with Crippen molar-refractivity contribution in [3.8, 4) is 0 Å². The number of amides is 1. The van der Waals surface area contributed by atoms with E-state index >= 15 is 0 Å². The van der Waals surface area contributed by atoms with Crippen LogP contribution in [0, 0.1) is 0 Å². The van der Waals surface area contributed by atoms with Gasteiger partial charge in [0, 0.05) is 26.2 Å². The van der Waals surface area contributed by atoms with Crippen LogP contribution in [0.4, 0.5) is 0 Å². The standard InChI is InChI=1S/C11H24N4O/c1-3-4-5-10(12)11(16)13-15-8-6-14(2)7-9-15/h10H,3-9,12H2,1-2H3,(H,13,16)/t10-/m0/s1. The number of hydrogen-bond acceptors (Lipinski definition) is 4. The van der Waals surface area contributed by atoms with Crippen molar-refractivity contribution in [2.45, 2.75) is 32.2 Å². The lowest BCUT2D eigenvalue weighted by Crippen LogP contribution is -2.55. The van der Waals surface area contributed by atoms with Crippen molar-refractivity contribution in [1.29, 1.82) is 0 Å². The Morgan fingerprint density at radius 1 is 1.38 bits per heavy atom. The summed E-state index contributed by atoms with van der Waals surface area (Å²) in [5.74, 6) is -0.0435. The predicted molar refractivity (Wildman–Crippen MR) is 64.7 cm³/mol. The van der Waals surface area contributed by atoms with Crippen molar-refractivity contribution < 1.29 is 4.79 Å². The van der Waals surface area contributed by atoms with Crippen molar-refractivity contribution in [2.24, 2.45) is 5.73 Å². The summed E-state index contributed by atoms with van der Waals surface area (Å²) < 4.78 is 0. The van der Waals surface area contributed by atoms with Crippen LogP contribution < -0.4 is 11.2 Å². The maximum atomic E-state index is 11.7. The van der Waals surface area contributed by atoms with Crippen LogP contribution >= 0.6 is 0 Å². The van der Waals surface area contributed by atoms with Gasteiger partial charge in [-0.1, -0.05) is 19.8 Å². The molecule has 16 heavy (non-hydrogen) atoms. The first kappa shape index (κ1) is 13.4. The second-order valence-corrected chi connectivity index (χ2v) is 4.52. The molecule has 1 rings (SSSR count). The van der Waals surface area contributed by atoms with Gasteiger partial charge in [0.1, 0.15) is 0 Å². The quantitative estimate of drug-likeness (QED) is 0.683. The summed E-state index contributed by atoms with van der Waals surface area (Å²) in [5, 5.41) is 1.97. The van der Waals surface area contributed by atoms with Gasteiger partial charge in [-0.2, -0.15) is 0 Å². The highest BCUT2D eigenvalue weighted by Gasteiger charge is 2.18. The molecule has 0 spiro atoms. The third-order valence-corrected chi connectivity index (χ3v) is 2.98. The SMILES string of the molecule is CCCC[C@H](N)C(=O)NN1CCN(C)CC1. The number of unbranched alkanes of at least 4 members (excludes halogenated alkanes) is 1. The molecular formula is C11H24N4O. The molecular weight excluding hydrogens is 204 g/mol. The summed E-state index contributed by atoms with van der Waals surface area (Å²) in [4.78, 5) is 14.0. The second-order valence-electron chi connectivity index (χ2n) is 4.52. The Morgan fingerprint density at radius 3 is 2.56 bits per heavy atom. The first-order valence-corrected chi connectivity index (χ1v) is 6.13. The molecule has 0 radical (unpaired) electrons. The zero-order chi connectivity index (χ0) is 12.0. The molecule has 0 aliphatic carbocycles. The van der Waals surface area contributed by atoms with Gasteiger partial charge in [-0.3, -0.25) is 10.2 Å². The Morgan fingerprint density at radius 2 is 2.00 bits per heavy atom. The molecule has 0 aromatic rings. The molecule has 5 nitrogen and oxygen atoms in total. The third kappa shape index (κ3) is 4.47. The van der Waals surface area contributed by atoms with E-state index in [-0.39, 0.29) is 11.9 Å². The van der Waals surface area contributed by atoms with E-state index in [0.29, 0.717) is 0 Å². The highest BCUT2D eigenvalue weighted by Crippen LogP contribution is 2.00. The van der Waals surface area contributed by atoms with Gasteiger partial charge in [0.25, 0.3) is 5.91 Å². The van der Waals surface area contributed by atoms with E-state index in [0.717, 1.165) is 45.4 Å². The number of hydrogen-bond donors (Lipinski definition) is 2. The fourth-order valence-electron chi connectivity index (χ4n) is 1.71. The number of hydrazine groups is 1. The Labute approximate surface area is 97.9 Å². The van der Waals surface area contributed by atoms with E-state index in [2.05, 4.69) is 24.3 Å². The molecule has 1 aliphatic rings. The van der Waals surface area contributed by atoms with Crippen molar-refractivity contribution in [2.75, 3.05) is 33.2 Å². The lowest BCUT2D eigenvalue weighted by Gasteiger charge is -2.33. The Kier molecular flexibility index (Phi) is 5.73. The minimum Gasteiger partial charge on any atom is -0.320 e. The van der Waals surface area contributed by atoms with E-state index in [1.807, 2.05) is 5.01 Å². The van der Waals surface area contributed by atoms with Gasteiger partial charge in [-0.15, -0.1) is 0 Å². The minimum absolute atomic E-state index is 0.0435. The molecule has 1 amide bonds. The first-order valence-electron chi connectivity index (χ1n) is 6.13. The van der Waals surface area contributed by atoms with E-state index in [9.17, 15) is 4.79 Å². The fraction of sp³-hybridized carbons (Fsp3) is 0.909. The molecule has 1 atom stereocenters. The number of carbonyl (C=O) groups is 1. The molecule has 3 N–H and O–H groups in total. The summed E-state index contributed by atoms with van der Waals surface area (Å²) in [7, 11) is 2.09. The number of nitrogens with zero attached hydrogens (tertiary/aromatic N) is 2. The van der Waals surface area contributed by atoms with Crippen LogP contribution in [0.25, 0.3) is 0 Å². The smallest absolute Gasteiger partial charge is 0.251 e. The van der Waals surface area contributed by atoms with Gasteiger partial charge < -0.3 is 10.6 Å².